The minimum atomic E-state index is -1.71. The lowest BCUT2D eigenvalue weighted by Gasteiger charge is -2.11. The van der Waals surface area contributed by atoms with Crippen LogP contribution in [0, 0.1) is 0 Å². The number of rotatable bonds is 9. The van der Waals surface area contributed by atoms with Crippen LogP contribution in [-0.4, -0.2) is 45.3 Å². The maximum Gasteiger partial charge on any atom is 0.345 e. The highest BCUT2D eigenvalue weighted by atomic mass is 16.6. The standard InChI is InChI=1S/C10H14O8/c11-7(12)3-1-2-4-9(15)18-6(10(16)17)5-8(13)14/h6H,1-5H2,(H,11,12)(H,13,14)(H,16,17). The number of carboxylic acids is 3. The molecule has 0 fully saturated rings. The highest BCUT2D eigenvalue weighted by molar-refractivity contribution is 5.82. The molecule has 102 valence electrons. The van der Waals surface area contributed by atoms with E-state index in [0.717, 1.165) is 0 Å². The Hall–Kier alpha value is -2.12. The van der Waals surface area contributed by atoms with Crippen LogP contribution in [0.3, 0.4) is 0 Å². The summed E-state index contributed by atoms with van der Waals surface area (Å²) in [6.45, 7) is 0. The molecule has 0 heterocycles. The number of unbranched alkanes of at least 4 members (excludes halogenated alkanes) is 1. The van der Waals surface area contributed by atoms with E-state index in [1.165, 1.54) is 0 Å². The average Bonchev–Trinajstić information content (AvgIpc) is 2.22. The largest absolute Gasteiger partial charge is 0.481 e. The molecule has 0 aliphatic rings. The summed E-state index contributed by atoms with van der Waals surface area (Å²) in [7, 11) is 0. The van der Waals surface area contributed by atoms with Crippen LogP contribution in [0.2, 0.25) is 0 Å². The summed E-state index contributed by atoms with van der Waals surface area (Å²) >= 11 is 0. The molecule has 1 unspecified atom stereocenters. The van der Waals surface area contributed by atoms with Crippen molar-refractivity contribution in [2.45, 2.75) is 38.2 Å². The van der Waals surface area contributed by atoms with Crippen molar-refractivity contribution in [2.75, 3.05) is 0 Å². The third kappa shape index (κ3) is 8.08. The second-order valence-corrected chi connectivity index (χ2v) is 3.52. The zero-order valence-electron chi connectivity index (χ0n) is 9.50. The summed E-state index contributed by atoms with van der Waals surface area (Å²) in [5, 5.41) is 25.3. The van der Waals surface area contributed by atoms with Crippen LogP contribution in [0.1, 0.15) is 32.1 Å². The number of hydrogen-bond donors (Lipinski definition) is 3. The van der Waals surface area contributed by atoms with Gasteiger partial charge in [-0.05, 0) is 12.8 Å². The van der Waals surface area contributed by atoms with E-state index < -0.39 is 36.4 Å². The second-order valence-electron chi connectivity index (χ2n) is 3.52. The van der Waals surface area contributed by atoms with Crippen molar-refractivity contribution >= 4 is 23.9 Å². The minimum Gasteiger partial charge on any atom is -0.481 e. The monoisotopic (exact) mass is 262 g/mol. The maximum atomic E-state index is 11.2. The molecular formula is C10H14O8. The van der Waals surface area contributed by atoms with Crippen molar-refractivity contribution in [1.82, 2.24) is 0 Å². The Morgan fingerprint density at radius 3 is 1.89 bits per heavy atom. The van der Waals surface area contributed by atoms with Gasteiger partial charge in [0.15, 0.2) is 0 Å². The number of aliphatic carboxylic acids is 3. The maximum absolute atomic E-state index is 11.2. The molecule has 0 amide bonds. The Kier molecular flexibility index (Phi) is 7.10. The molecule has 0 radical (unpaired) electrons. The van der Waals surface area contributed by atoms with Gasteiger partial charge in [0.2, 0.25) is 6.10 Å². The third-order valence-corrected chi connectivity index (χ3v) is 1.93. The van der Waals surface area contributed by atoms with E-state index in [0.29, 0.717) is 0 Å². The van der Waals surface area contributed by atoms with E-state index >= 15 is 0 Å². The van der Waals surface area contributed by atoms with Gasteiger partial charge in [-0.15, -0.1) is 0 Å². The van der Waals surface area contributed by atoms with Gasteiger partial charge in [0.05, 0.1) is 6.42 Å². The Labute approximate surface area is 102 Å². The lowest BCUT2D eigenvalue weighted by molar-refractivity contribution is -0.167. The van der Waals surface area contributed by atoms with E-state index in [1.807, 2.05) is 0 Å². The summed E-state index contributed by atoms with van der Waals surface area (Å²) in [5.74, 6) is -4.76. The zero-order valence-corrected chi connectivity index (χ0v) is 9.50. The molecule has 18 heavy (non-hydrogen) atoms. The van der Waals surface area contributed by atoms with Crippen molar-refractivity contribution in [1.29, 1.82) is 0 Å². The van der Waals surface area contributed by atoms with Crippen LogP contribution >= 0.6 is 0 Å². The summed E-state index contributed by atoms with van der Waals surface area (Å²) in [4.78, 5) is 42.2. The number of hydrogen-bond acceptors (Lipinski definition) is 5. The Bertz CT molecular complexity index is 335. The predicted octanol–water partition coefficient (Wildman–Crippen LogP) is 0.102. The van der Waals surface area contributed by atoms with Crippen LogP contribution < -0.4 is 0 Å². The van der Waals surface area contributed by atoms with E-state index in [9.17, 15) is 19.2 Å². The zero-order chi connectivity index (χ0) is 14.1. The van der Waals surface area contributed by atoms with Gasteiger partial charge in [0, 0.05) is 12.8 Å². The fraction of sp³-hybridized carbons (Fsp3) is 0.600. The Morgan fingerprint density at radius 1 is 0.889 bits per heavy atom. The molecule has 0 aliphatic heterocycles. The Balaban J connectivity index is 3.99. The van der Waals surface area contributed by atoms with Crippen LogP contribution in [0.25, 0.3) is 0 Å². The van der Waals surface area contributed by atoms with Crippen molar-refractivity contribution in [3.63, 3.8) is 0 Å². The van der Waals surface area contributed by atoms with Gasteiger partial charge in [0.25, 0.3) is 0 Å². The minimum absolute atomic E-state index is 0.0925. The second kappa shape index (κ2) is 8.04. The summed E-state index contributed by atoms with van der Waals surface area (Å²) in [6, 6.07) is 0. The first-order chi connectivity index (χ1) is 8.32. The predicted molar refractivity (Wildman–Crippen MR) is 55.9 cm³/mol. The number of esters is 1. The lowest BCUT2D eigenvalue weighted by atomic mass is 10.2. The van der Waals surface area contributed by atoms with Crippen molar-refractivity contribution in [2.24, 2.45) is 0 Å². The van der Waals surface area contributed by atoms with Gasteiger partial charge in [-0.3, -0.25) is 14.4 Å². The smallest absolute Gasteiger partial charge is 0.345 e. The van der Waals surface area contributed by atoms with Crippen molar-refractivity contribution < 1.29 is 39.2 Å². The number of ether oxygens (including phenoxy) is 1. The Morgan fingerprint density at radius 2 is 1.44 bits per heavy atom. The van der Waals surface area contributed by atoms with Gasteiger partial charge in [-0.2, -0.15) is 0 Å². The highest BCUT2D eigenvalue weighted by Gasteiger charge is 2.24. The van der Waals surface area contributed by atoms with Crippen molar-refractivity contribution in [3.8, 4) is 0 Å². The molecular weight excluding hydrogens is 248 g/mol. The molecule has 0 aromatic rings. The molecule has 0 aliphatic carbocycles. The van der Waals surface area contributed by atoms with Gasteiger partial charge >= 0.3 is 23.9 Å². The quantitative estimate of drug-likeness (QED) is 0.393. The molecule has 0 bridgehead atoms. The van der Waals surface area contributed by atoms with Gasteiger partial charge < -0.3 is 20.1 Å². The number of carbonyl (C=O) groups excluding carboxylic acids is 1. The summed E-state index contributed by atoms with van der Waals surface area (Å²) < 4.78 is 4.46. The molecule has 8 nitrogen and oxygen atoms in total. The van der Waals surface area contributed by atoms with Crippen LogP contribution in [-0.2, 0) is 23.9 Å². The fourth-order valence-corrected chi connectivity index (χ4v) is 1.10. The van der Waals surface area contributed by atoms with E-state index in [1.54, 1.807) is 0 Å². The molecule has 0 aromatic carbocycles. The summed E-state index contributed by atoms with van der Waals surface area (Å²) in [6.07, 6.45) is -2.25. The molecule has 0 rings (SSSR count). The molecule has 3 N–H and O–H groups in total. The number of carbonyl (C=O) groups is 4. The highest BCUT2D eigenvalue weighted by Crippen LogP contribution is 2.06. The summed E-state index contributed by atoms with van der Waals surface area (Å²) in [5.41, 5.74) is 0. The van der Waals surface area contributed by atoms with Crippen LogP contribution in [0.15, 0.2) is 0 Å². The molecule has 0 aromatic heterocycles. The average molecular weight is 262 g/mol. The first-order valence-electron chi connectivity index (χ1n) is 5.18. The van der Waals surface area contributed by atoms with E-state index in [2.05, 4.69) is 4.74 Å². The third-order valence-electron chi connectivity index (χ3n) is 1.93. The van der Waals surface area contributed by atoms with Gasteiger partial charge in [-0.1, -0.05) is 0 Å². The SMILES string of the molecule is O=C(O)CCCCC(=O)OC(CC(=O)O)C(=O)O. The normalized spacial score (nSPS) is 11.6. The van der Waals surface area contributed by atoms with Gasteiger partial charge in [0.1, 0.15) is 0 Å². The molecule has 8 heteroatoms. The van der Waals surface area contributed by atoms with Gasteiger partial charge in [-0.25, -0.2) is 4.79 Å². The first-order valence-corrected chi connectivity index (χ1v) is 5.18. The molecule has 0 spiro atoms. The first kappa shape index (κ1) is 15.9. The van der Waals surface area contributed by atoms with E-state index in [-0.39, 0.29) is 25.7 Å². The lowest BCUT2D eigenvalue weighted by Crippen LogP contribution is -2.29. The van der Waals surface area contributed by atoms with Crippen LogP contribution in [0.4, 0.5) is 0 Å². The molecule has 1 atom stereocenters. The van der Waals surface area contributed by atoms with Crippen molar-refractivity contribution in [3.05, 3.63) is 0 Å². The molecule has 0 saturated carbocycles. The number of carboxylic acid groups (broad SMARTS) is 3. The fourth-order valence-electron chi connectivity index (χ4n) is 1.10. The van der Waals surface area contributed by atoms with E-state index in [4.69, 9.17) is 15.3 Å². The molecule has 0 saturated heterocycles. The topological polar surface area (TPSA) is 138 Å². The van der Waals surface area contributed by atoms with Crippen LogP contribution in [0.5, 0.6) is 0 Å².